The molecule has 1 rings (SSSR count). The van der Waals surface area contributed by atoms with Crippen molar-refractivity contribution in [3.63, 3.8) is 0 Å². The zero-order valence-corrected chi connectivity index (χ0v) is 14.4. The van der Waals surface area contributed by atoms with Gasteiger partial charge in [0.2, 0.25) is 0 Å². The van der Waals surface area contributed by atoms with Crippen LogP contribution >= 0.6 is 0 Å². The van der Waals surface area contributed by atoms with Gasteiger partial charge in [-0.1, -0.05) is 6.92 Å². The highest BCUT2D eigenvalue weighted by molar-refractivity contribution is 5.03. The standard InChI is InChI=1S/C15H18F12/c1-7-4-8(10(2,12(16,17)18)13(19,20)21)6-9(5-7)11(3,14(22,23)24)15(25,26)27/h7-9H,4-6H2,1-3H3. The minimum atomic E-state index is -5.88. The van der Waals surface area contributed by atoms with Crippen LogP contribution in [0.25, 0.3) is 0 Å². The zero-order valence-electron chi connectivity index (χ0n) is 14.4. The Morgan fingerprint density at radius 1 is 0.481 bits per heavy atom. The monoisotopic (exact) mass is 426 g/mol. The molecule has 0 bridgehead atoms. The second-order valence-corrected chi connectivity index (χ2v) is 7.60. The molecule has 1 fully saturated rings. The first-order chi connectivity index (χ1) is 11.6. The summed E-state index contributed by atoms with van der Waals surface area (Å²) in [5.41, 5.74) is -8.82. The van der Waals surface area contributed by atoms with Crippen LogP contribution in [0.2, 0.25) is 0 Å². The highest BCUT2D eigenvalue weighted by Crippen LogP contribution is 2.64. The summed E-state index contributed by atoms with van der Waals surface area (Å²) >= 11 is 0. The SMILES string of the molecule is CC1CC(C(C)(C(F)(F)F)C(F)(F)F)CC(C(C)(C(F)(F)F)C(F)(F)F)C1. The number of alkyl halides is 12. The lowest BCUT2D eigenvalue weighted by Crippen LogP contribution is -2.58. The molecule has 12 heteroatoms. The molecule has 2 atom stereocenters. The average Bonchev–Trinajstić information content (AvgIpc) is 2.39. The fourth-order valence-corrected chi connectivity index (χ4v) is 3.79. The predicted octanol–water partition coefficient (Wildman–Crippen LogP) is 7.30. The molecule has 1 aliphatic rings. The molecule has 0 aromatic carbocycles. The van der Waals surface area contributed by atoms with E-state index in [9.17, 15) is 52.7 Å². The van der Waals surface area contributed by atoms with E-state index in [1.807, 2.05) is 0 Å². The molecule has 2 unspecified atom stereocenters. The van der Waals surface area contributed by atoms with Gasteiger partial charge < -0.3 is 0 Å². The third kappa shape index (κ3) is 3.86. The maximum absolute atomic E-state index is 13.2. The summed E-state index contributed by atoms with van der Waals surface area (Å²) in [6.07, 6.45) is -26.6. The van der Waals surface area contributed by atoms with Gasteiger partial charge in [0, 0.05) is 0 Å². The minimum absolute atomic E-state index is 0.203. The van der Waals surface area contributed by atoms with E-state index in [2.05, 4.69) is 0 Å². The summed E-state index contributed by atoms with van der Waals surface area (Å²) in [7, 11) is 0. The average molecular weight is 426 g/mol. The first-order valence-corrected chi connectivity index (χ1v) is 7.87. The van der Waals surface area contributed by atoms with Crippen molar-refractivity contribution in [3.8, 4) is 0 Å². The fraction of sp³-hybridized carbons (Fsp3) is 1.00. The molecular weight excluding hydrogens is 408 g/mol. The van der Waals surface area contributed by atoms with Gasteiger partial charge in [-0.3, -0.25) is 0 Å². The number of halogens is 12. The molecule has 0 saturated heterocycles. The number of hydrogen-bond acceptors (Lipinski definition) is 0. The lowest BCUT2D eigenvalue weighted by atomic mass is 9.58. The van der Waals surface area contributed by atoms with Crippen molar-refractivity contribution < 1.29 is 52.7 Å². The third-order valence-electron chi connectivity index (χ3n) is 5.93. The summed E-state index contributed by atoms with van der Waals surface area (Å²) in [5.74, 6) is -6.10. The van der Waals surface area contributed by atoms with Crippen LogP contribution in [0.15, 0.2) is 0 Å². The Morgan fingerprint density at radius 3 is 0.889 bits per heavy atom. The fourth-order valence-electron chi connectivity index (χ4n) is 3.79. The molecule has 0 aromatic rings. The first-order valence-electron chi connectivity index (χ1n) is 7.87. The van der Waals surface area contributed by atoms with Crippen LogP contribution in [-0.2, 0) is 0 Å². The Balaban J connectivity index is 3.50. The lowest BCUT2D eigenvalue weighted by molar-refractivity contribution is -0.372. The first kappa shape index (κ1) is 24.2. The zero-order chi connectivity index (χ0) is 21.9. The molecule has 0 spiro atoms. The van der Waals surface area contributed by atoms with Gasteiger partial charge in [-0.25, -0.2) is 0 Å². The van der Waals surface area contributed by atoms with E-state index in [1.165, 1.54) is 0 Å². The van der Waals surface area contributed by atoms with E-state index in [-0.39, 0.29) is 13.8 Å². The van der Waals surface area contributed by atoms with E-state index in [4.69, 9.17) is 0 Å². The molecule has 162 valence electrons. The van der Waals surface area contributed by atoms with Gasteiger partial charge in [-0.2, -0.15) is 52.7 Å². The molecule has 0 aliphatic heterocycles. The Labute approximate surface area is 147 Å². The minimum Gasteiger partial charge on any atom is -0.170 e. The van der Waals surface area contributed by atoms with Crippen molar-refractivity contribution in [2.24, 2.45) is 28.6 Å². The summed E-state index contributed by atoms with van der Waals surface area (Å²) in [5, 5.41) is 0. The second-order valence-electron chi connectivity index (χ2n) is 7.60. The molecule has 0 radical (unpaired) electrons. The molecule has 0 N–H and O–H groups in total. The van der Waals surface area contributed by atoms with Gasteiger partial charge in [0.1, 0.15) is 0 Å². The Hall–Kier alpha value is -0.840. The molecule has 27 heavy (non-hydrogen) atoms. The Bertz CT molecular complexity index is 447. The summed E-state index contributed by atoms with van der Waals surface area (Å²) < 4.78 is 159. The van der Waals surface area contributed by atoms with Crippen LogP contribution in [0, 0.1) is 28.6 Å². The van der Waals surface area contributed by atoms with Crippen molar-refractivity contribution >= 4 is 0 Å². The van der Waals surface area contributed by atoms with Crippen LogP contribution in [0.4, 0.5) is 52.7 Å². The van der Waals surface area contributed by atoms with Gasteiger partial charge in [-0.15, -0.1) is 0 Å². The van der Waals surface area contributed by atoms with Crippen molar-refractivity contribution in [3.05, 3.63) is 0 Å². The molecule has 0 aromatic heterocycles. The van der Waals surface area contributed by atoms with E-state index in [0.29, 0.717) is 0 Å². The molecule has 0 nitrogen and oxygen atoms in total. The smallest absolute Gasteiger partial charge is 0.170 e. The van der Waals surface area contributed by atoms with E-state index in [1.54, 1.807) is 0 Å². The molecule has 0 heterocycles. The number of hydrogen-bond donors (Lipinski definition) is 0. The predicted molar refractivity (Wildman–Crippen MR) is 70.4 cm³/mol. The molecular formula is C15H18F12. The number of rotatable bonds is 2. The Morgan fingerprint density at radius 2 is 0.704 bits per heavy atom. The van der Waals surface area contributed by atoms with Crippen LogP contribution in [0.3, 0.4) is 0 Å². The van der Waals surface area contributed by atoms with Crippen molar-refractivity contribution in [2.45, 2.75) is 64.7 Å². The summed E-state index contributed by atoms with van der Waals surface area (Å²) in [6, 6.07) is 0. The van der Waals surface area contributed by atoms with E-state index in [0.717, 1.165) is 6.92 Å². The molecule has 1 aliphatic carbocycles. The highest BCUT2D eigenvalue weighted by Gasteiger charge is 2.75. The van der Waals surface area contributed by atoms with Crippen LogP contribution in [0.1, 0.15) is 40.0 Å². The summed E-state index contributed by atoms with van der Waals surface area (Å²) in [4.78, 5) is 0. The maximum atomic E-state index is 13.2. The largest absolute Gasteiger partial charge is 0.403 e. The van der Waals surface area contributed by atoms with Gasteiger partial charge in [0.25, 0.3) is 0 Å². The van der Waals surface area contributed by atoms with Crippen molar-refractivity contribution in [1.82, 2.24) is 0 Å². The van der Waals surface area contributed by atoms with Gasteiger partial charge >= 0.3 is 24.7 Å². The molecule has 0 amide bonds. The normalized spacial score (nSPS) is 27.0. The molecule has 1 saturated carbocycles. The lowest BCUT2D eigenvalue weighted by Gasteiger charge is -2.50. The highest BCUT2D eigenvalue weighted by atomic mass is 19.4. The quantitative estimate of drug-likeness (QED) is 0.407. The van der Waals surface area contributed by atoms with Crippen LogP contribution < -0.4 is 0 Å². The third-order valence-corrected chi connectivity index (χ3v) is 5.93. The van der Waals surface area contributed by atoms with E-state index < -0.39 is 72.6 Å². The van der Waals surface area contributed by atoms with E-state index >= 15 is 0 Å². The van der Waals surface area contributed by atoms with Gasteiger partial charge in [-0.05, 0) is 50.9 Å². The van der Waals surface area contributed by atoms with Crippen LogP contribution in [-0.4, -0.2) is 24.7 Å². The van der Waals surface area contributed by atoms with Crippen LogP contribution in [0.5, 0.6) is 0 Å². The van der Waals surface area contributed by atoms with Gasteiger partial charge in [0.05, 0.1) is 0 Å². The Kier molecular flexibility index (Phi) is 5.92. The summed E-state index contributed by atoms with van der Waals surface area (Å²) in [6.45, 7) is 0.649. The topological polar surface area (TPSA) is 0 Å². The second kappa shape index (κ2) is 6.60. The van der Waals surface area contributed by atoms with Crippen molar-refractivity contribution in [2.75, 3.05) is 0 Å². The van der Waals surface area contributed by atoms with Crippen molar-refractivity contribution in [1.29, 1.82) is 0 Å². The van der Waals surface area contributed by atoms with Gasteiger partial charge in [0.15, 0.2) is 10.8 Å². The maximum Gasteiger partial charge on any atom is 0.403 e.